The number of halogens is 4. The van der Waals surface area contributed by atoms with E-state index in [0.29, 0.717) is 38.4 Å². The van der Waals surface area contributed by atoms with Crippen molar-refractivity contribution in [3.05, 3.63) is 81.0 Å². The highest BCUT2D eigenvalue weighted by molar-refractivity contribution is 7.18. The van der Waals surface area contributed by atoms with Crippen LogP contribution in [-0.4, -0.2) is 34.0 Å². The number of hydrogen-bond donors (Lipinski definition) is 2. The highest BCUT2D eigenvalue weighted by Gasteiger charge is 2.56. The van der Waals surface area contributed by atoms with Crippen LogP contribution in [0.1, 0.15) is 36.4 Å². The summed E-state index contributed by atoms with van der Waals surface area (Å²) in [6, 6.07) is 10.7. The maximum atomic E-state index is 14.4. The number of hydrogen-bond acceptors (Lipinski definition) is 5. The molecule has 196 valence electrons. The number of rotatable bonds is 7. The Hall–Kier alpha value is -3.24. The van der Waals surface area contributed by atoms with Gasteiger partial charge in [0, 0.05) is 40.9 Å². The van der Waals surface area contributed by atoms with Gasteiger partial charge in [-0.25, -0.2) is 4.98 Å². The molecule has 10 heteroatoms. The Morgan fingerprint density at radius 2 is 1.81 bits per heavy atom. The van der Waals surface area contributed by atoms with Crippen molar-refractivity contribution >= 4 is 21.6 Å². The lowest BCUT2D eigenvalue weighted by Crippen LogP contribution is -2.50. The van der Waals surface area contributed by atoms with Crippen LogP contribution < -0.4 is 10.2 Å². The molecule has 0 spiro atoms. The number of alkyl halides is 3. The van der Waals surface area contributed by atoms with Gasteiger partial charge in [-0.1, -0.05) is 19.9 Å². The number of aliphatic hydroxyl groups is 1. The predicted molar refractivity (Wildman–Crippen MR) is 136 cm³/mol. The van der Waals surface area contributed by atoms with E-state index >= 15 is 0 Å². The molecule has 3 aromatic heterocycles. The van der Waals surface area contributed by atoms with Gasteiger partial charge in [0.2, 0.25) is 5.95 Å². The number of aromatic amines is 1. The number of aryl methyl sites for hydroxylation is 1. The van der Waals surface area contributed by atoms with Crippen molar-refractivity contribution < 1.29 is 27.4 Å². The normalized spacial score (nSPS) is 14.1. The van der Waals surface area contributed by atoms with Crippen molar-refractivity contribution in [1.29, 1.82) is 0 Å². The molecule has 0 bridgehead atoms. The molecule has 0 saturated heterocycles. The van der Waals surface area contributed by atoms with Crippen molar-refractivity contribution in [3.63, 3.8) is 0 Å². The number of methoxy groups -OCH3 is 1. The first-order chi connectivity index (χ1) is 17.2. The van der Waals surface area contributed by atoms with Gasteiger partial charge in [-0.2, -0.15) is 17.6 Å². The molecule has 1 aromatic carbocycles. The second-order valence-electron chi connectivity index (χ2n) is 9.80. The van der Waals surface area contributed by atoms with E-state index in [2.05, 4.69) is 9.97 Å². The van der Waals surface area contributed by atoms with Crippen molar-refractivity contribution in [3.8, 4) is 16.9 Å². The third-order valence-corrected chi connectivity index (χ3v) is 7.54. The van der Waals surface area contributed by atoms with Crippen molar-refractivity contribution in [1.82, 2.24) is 9.97 Å². The van der Waals surface area contributed by atoms with Crippen molar-refractivity contribution in [2.24, 2.45) is 0 Å². The summed E-state index contributed by atoms with van der Waals surface area (Å²) in [5.41, 5.74) is -2.22. The third-order valence-electron chi connectivity index (χ3n) is 6.39. The molecule has 1 unspecified atom stereocenters. The molecule has 0 aliphatic heterocycles. The lowest BCUT2D eigenvalue weighted by molar-refractivity contribution is -0.266. The van der Waals surface area contributed by atoms with Gasteiger partial charge < -0.3 is 14.8 Å². The average Bonchev–Trinajstić information content (AvgIpc) is 3.20. The van der Waals surface area contributed by atoms with Crippen LogP contribution in [-0.2, 0) is 11.8 Å². The maximum absolute atomic E-state index is 14.4. The topological polar surface area (TPSA) is 75.2 Å². The number of H-pyrrole nitrogens is 1. The summed E-state index contributed by atoms with van der Waals surface area (Å²) in [7, 11) is 1.41. The summed E-state index contributed by atoms with van der Waals surface area (Å²) in [5.74, 6) is -0.322. The van der Waals surface area contributed by atoms with Crippen LogP contribution in [0.3, 0.4) is 0 Å². The molecule has 0 aliphatic rings. The minimum absolute atomic E-state index is 0.230. The van der Waals surface area contributed by atoms with E-state index in [1.54, 1.807) is 45.0 Å². The SMILES string of the molecule is COc1ccc(-c2cc(C)nc(F)c2)cc1C(C)(C)CC(O)(Cc1cc2[nH]ccc(=O)c2s1)C(F)(F)F. The smallest absolute Gasteiger partial charge is 0.417 e. The highest BCUT2D eigenvalue weighted by Crippen LogP contribution is 2.46. The van der Waals surface area contributed by atoms with Gasteiger partial charge >= 0.3 is 6.18 Å². The predicted octanol–water partition coefficient (Wildman–Crippen LogP) is 6.31. The molecule has 4 rings (SSSR count). The lowest BCUT2D eigenvalue weighted by atomic mass is 9.73. The van der Waals surface area contributed by atoms with Gasteiger partial charge in [0.15, 0.2) is 11.0 Å². The molecule has 3 heterocycles. The standard InChI is InChI=1S/C27H26F4N2O3S/c1-15-9-17(11-23(28)33-15)16-5-6-22(36-4)19(10-16)25(2,3)14-26(35,27(29,30)31)13-18-12-20-24(37-18)21(34)7-8-32-20/h5-12,35H,13-14H2,1-4H3,(H,32,34). The van der Waals surface area contributed by atoms with Gasteiger partial charge in [0.1, 0.15) is 5.75 Å². The number of ether oxygens (including phenoxy) is 1. The molecule has 2 N–H and O–H groups in total. The van der Waals surface area contributed by atoms with Crippen LogP contribution in [0.5, 0.6) is 5.75 Å². The molecule has 0 radical (unpaired) electrons. The van der Waals surface area contributed by atoms with Gasteiger partial charge in [-0.3, -0.25) is 4.79 Å². The van der Waals surface area contributed by atoms with Crippen LogP contribution in [0.25, 0.3) is 21.3 Å². The summed E-state index contributed by atoms with van der Waals surface area (Å²) in [6.45, 7) is 4.84. The molecule has 0 fully saturated rings. The second kappa shape index (κ2) is 9.57. The molecule has 37 heavy (non-hydrogen) atoms. The lowest BCUT2D eigenvalue weighted by Gasteiger charge is -2.38. The quantitative estimate of drug-likeness (QED) is 0.215. The van der Waals surface area contributed by atoms with Crippen LogP contribution in [0.4, 0.5) is 17.6 Å². The van der Waals surface area contributed by atoms with E-state index < -0.39 is 36.0 Å². The fourth-order valence-corrected chi connectivity index (χ4v) is 5.84. The Balaban J connectivity index is 1.75. The Morgan fingerprint density at radius 1 is 1.08 bits per heavy atom. The molecular weight excluding hydrogens is 508 g/mol. The molecule has 4 aromatic rings. The Morgan fingerprint density at radius 3 is 2.43 bits per heavy atom. The number of fused-ring (bicyclic) bond motifs is 1. The van der Waals surface area contributed by atoms with Crippen molar-refractivity contribution in [2.75, 3.05) is 7.11 Å². The van der Waals surface area contributed by atoms with Gasteiger partial charge in [-0.05, 0) is 54.2 Å². The van der Waals surface area contributed by atoms with Gasteiger partial charge in [0.05, 0.1) is 17.3 Å². The Labute approximate surface area is 214 Å². The summed E-state index contributed by atoms with van der Waals surface area (Å²) < 4.78 is 62.9. The molecular formula is C27H26F4N2O3S. The zero-order chi connectivity index (χ0) is 27.2. The van der Waals surface area contributed by atoms with E-state index in [-0.39, 0.29) is 10.3 Å². The number of benzene rings is 1. The number of nitrogens with one attached hydrogen (secondary N) is 1. The summed E-state index contributed by atoms with van der Waals surface area (Å²) in [4.78, 5) is 18.9. The minimum Gasteiger partial charge on any atom is -0.496 e. The fourth-order valence-electron chi connectivity index (χ4n) is 4.69. The second-order valence-corrected chi connectivity index (χ2v) is 10.9. The molecule has 0 amide bonds. The van der Waals surface area contributed by atoms with Gasteiger partial charge in [0.25, 0.3) is 0 Å². The van der Waals surface area contributed by atoms with Crippen LogP contribution in [0.2, 0.25) is 0 Å². The first-order valence-corrected chi connectivity index (χ1v) is 12.3. The fraction of sp³-hybridized carbons (Fsp3) is 0.333. The largest absolute Gasteiger partial charge is 0.496 e. The number of pyridine rings is 2. The summed E-state index contributed by atoms with van der Waals surface area (Å²) in [5, 5.41) is 11.1. The summed E-state index contributed by atoms with van der Waals surface area (Å²) >= 11 is 0.929. The maximum Gasteiger partial charge on any atom is 0.417 e. The molecule has 0 saturated carbocycles. The van der Waals surface area contributed by atoms with Crippen LogP contribution >= 0.6 is 11.3 Å². The molecule has 0 aliphatic carbocycles. The summed E-state index contributed by atoms with van der Waals surface area (Å²) in [6.07, 6.45) is -4.94. The third kappa shape index (κ3) is 5.40. The number of nitrogens with zero attached hydrogens (tertiary/aromatic N) is 1. The first kappa shape index (κ1) is 26.8. The van der Waals surface area contributed by atoms with E-state index in [9.17, 15) is 27.5 Å². The number of aromatic nitrogens is 2. The Kier molecular flexibility index (Phi) is 6.94. The monoisotopic (exact) mass is 534 g/mol. The van der Waals surface area contributed by atoms with Crippen LogP contribution in [0.15, 0.2) is 53.5 Å². The minimum atomic E-state index is -4.96. The Bertz CT molecular complexity index is 1490. The molecule has 1 atom stereocenters. The van der Waals surface area contributed by atoms with E-state index in [1.807, 2.05) is 0 Å². The van der Waals surface area contributed by atoms with E-state index in [0.717, 1.165) is 11.3 Å². The van der Waals surface area contributed by atoms with Crippen molar-refractivity contribution in [2.45, 2.75) is 50.8 Å². The van der Waals surface area contributed by atoms with E-state index in [4.69, 9.17) is 4.74 Å². The zero-order valence-corrected chi connectivity index (χ0v) is 21.5. The van der Waals surface area contributed by atoms with Gasteiger partial charge in [-0.15, -0.1) is 11.3 Å². The zero-order valence-electron chi connectivity index (χ0n) is 20.7. The number of thiophene rings is 1. The van der Waals surface area contributed by atoms with Crippen LogP contribution in [0, 0.1) is 12.9 Å². The first-order valence-electron chi connectivity index (χ1n) is 11.4. The average molecular weight is 535 g/mol. The highest BCUT2D eigenvalue weighted by atomic mass is 32.1. The van der Waals surface area contributed by atoms with E-state index in [1.165, 1.54) is 31.5 Å². The molecule has 5 nitrogen and oxygen atoms in total.